The molecule has 0 radical (unpaired) electrons. The van der Waals surface area contributed by atoms with Gasteiger partial charge in [-0.2, -0.15) is 0 Å². The molecule has 0 aromatic carbocycles. The van der Waals surface area contributed by atoms with Crippen LogP contribution in [0.5, 0.6) is 0 Å². The third kappa shape index (κ3) is 5.47. The predicted molar refractivity (Wildman–Crippen MR) is 56.8 cm³/mol. The number of unbranched alkanes of at least 4 members (excludes halogenated alkanes) is 1. The molecule has 90 valence electrons. The summed E-state index contributed by atoms with van der Waals surface area (Å²) in [7, 11) is 1.64. The molecule has 4 nitrogen and oxygen atoms in total. The van der Waals surface area contributed by atoms with E-state index in [0.29, 0.717) is 6.61 Å². The Morgan fingerprint density at radius 1 is 1.47 bits per heavy atom. The summed E-state index contributed by atoms with van der Waals surface area (Å²) < 4.78 is 21.4. The molecule has 15 heavy (non-hydrogen) atoms. The van der Waals surface area contributed by atoms with Crippen LogP contribution in [0.2, 0.25) is 0 Å². The minimum absolute atomic E-state index is 0.0519. The van der Waals surface area contributed by atoms with Gasteiger partial charge in [0.1, 0.15) is 6.10 Å². The summed E-state index contributed by atoms with van der Waals surface area (Å²) in [5.74, 6) is 0. The SMILES string of the molecule is CCCCOCC(C)O[C@@H](OC)C1CO1. The standard InChI is InChI=1S/C11H22O4/c1-4-5-6-13-7-9(2)15-11(12-3)10-8-14-10/h9-11H,4-8H2,1-3H3/t9?,10?,11-/m1/s1. The molecule has 0 aromatic rings. The summed E-state index contributed by atoms with van der Waals surface area (Å²) in [6.45, 7) is 6.30. The lowest BCUT2D eigenvalue weighted by Crippen LogP contribution is -2.29. The van der Waals surface area contributed by atoms with Crippen molar-refractivity contribution < 1.29 is 18.9 Å². The van der Waals surface area contributed by atoms with Crippen molar-refractivity contribution in [3.63, 3.8) is 0 Å². The number of rotatable bonds is 9. The maximum absolute atomic E-state index is 5.63. The van der Waals surface area contributed by atoms with Gasteiger partial charge in [-0.05, 0) is 13.3 Å². The van der Waals surface area contributed by atoms with Gasteiger partial charge in [0, 0.05) is 13.7 Å². The molecule has 1 rings (SSSR count). The van der Waals surface area contributed by atoms with E-state index in [0.717, 1.165) is 26.1 Å². The highest BCUT2D eigenvalue weighted by molar-refractivity contribution is 4.74. The predicted octanol–water partition coefficient (Wildman–Crippen LogP) is 1.58. The van der Waals surface area contributed by atoms with Crippen LogP contribution in [0.25, 0.3) is 0 Å². The fourth-order valence-electron chi connectivity index (χ4n) is 1.27. The molecule has 3 atom stereocenters. The zero-order chi connectivity index (χ0) is 11.1. The Balaban J connectivity index is 2.02. The maximum Gasteiger partial charge on any atom is 0.186 e. The second-order valence-corrected chi connectivity index (χ2v) is 3.85. The van der Waals surface area contributed by atoms with Gasteiger partial charge in [0.25, 0.3) is 0 Å². The quantitative estimate of drug-likeness (QED) is 0.335. The Bertz CT molecular complexity index is 159. The number of methoxy groups -OCH3 is 1. The molecule has 0 N–H and O–H groups in total. The number of hydrogen-bond acceptors (Lipinski definition) is 4. The zero-order valence-electron chi connectivity index (χ0n) is 9.90. The van der Waals surface area contributed by atoms with Crippen LogP contribution >= 0.6 is 0 Å². The first-order valence-electron chi connectivity index (χ1n) is 5.65. The average Bonchev–Trinajstić information content (AvgIpc) is 3.05. The van der Waals surface area contributed by atoms with E-state index < -0.39 is 0 Å². The van der Waals surface area contributed by atoms with Crippen molar-refractivity contribution in [2.45, 2.75) is 45.2 Å². The second kappa shape index (κ2) is 7.17. The molecular formula is C11H22O4. The second-order valence-electron chi connectivity index (χ2n) is 3.85. The third-order valence-corrected chi connectivity index (χ3v) is 2.26. The Labute approximate surface area is 91.8 Å². The first-order valence-corrected chi connectivity index (χ1v) is 5.65. The summed E-state index contributed by atoms with van der Waals surface area (Å²) in [5, 5.41) is 0. The molecule has 0 bridgehead atoms. The molecular weight excluding hydrogens is 196 g/mol. The fourth-order valence-corrected chi connectivity index (χ4v) is 1.27. The number of ether oxygens (including phenoxy) is 4. The molecule has 0 saturated carbocycles. The van der Waals surface area contributed by atoms with E-state index in [1.165, 1.54) is 0 Å². The monoisotopic (exact) mass is 218 g/mol. The lowest BCUT2D eigenvalue weighted by molar-refractivity contribution is -0.173. The van der Waals surface area contributed by atoms with Crippen molar-refractivity contribution in [2.75, 3.05) is 26.9 Å². The van der Waals surface area contributed by atoms with E-state index in [1.807, 2.05) is 6.92 Å². The molecule has 1 aliphatic rings. The van der Waals surface area contributed by atoms with Gasteiger partial charge in [0.05, 0.1) is 19.3 Å². The normalized spacial score (nSPS) is 23.8. The van der Waals surface area contributed by atoms with Gasteiger partial charge in [-0.25, -0.2) is 0 Å². The molecule has 1 fully saturated rings. The molecule has 0 aromatic heterocycles. The van der Waals surface area contributed by atoms with Crippen LogP contribution in [-0.4, -0.2) is 45.4 Å². The molecule has 1 saturated heterocycles. The Kier molecular flexibility index (Phi) is 6.17. The van der Waals surface area contributed by atoms with E-state index in [9.17, 15) is 0 Å². The summed E-state index contributed by atoms with van der Waals surface area (Å²) in [6.07, 6.45) is 2.19. The molecule has 0 aliphatic carbocycles. The third-order valence-electron chi connectivity index (χ3n) is 2.26. The highest BCUT2D eigenvalue weighted by atomic mass is 16.7. The Morgan fingerprint density at radius 3 is 2.73 bits per heavy atom. The fraction of sp³-hybridized carbons (Fsp3) is 1.00. The summed E-state index contributed by atoms with van der Waals surface area (Å²) in [5.41, 5.74) is 0. The maximum atomic E-state index is 5.63. The van der Waals surface area contributed by atoms with Gasteiger partial charge in [0.2, 0.25) is 0 Å². The van der Waals surface area contributed by atoms with Crippen LogP contribution < -0.4 is 0 Å². The average molecular weight is 218 g/mol. The first-order chi connectivity index (χ1) is 7.27. The highest BCUT2D eigenvalue weighted by Gasteiger charge is 2.34. The summed E-state index contributed by atoms with van der Waals surface area (Å²) >= 11 is 0. The van der Waals surface area contributed by atoms with Gasteiger partial charge < -0.3 is 18.9 Å². The molecule has 2 unspecified atom stereocenters. The molecule has 0 amide bonds. The van der Waals surface area contributed by atoms with Gasteiger partial charge in [0.15, 0.2) is 6.29 Å². The highest BCUT2D eigenvalue weighted by Crippen LogP contribution is 2.18. The zero-order valence-corrected chi connectivity index (χ0v) is 9.90. The van der Waals surface area contributed by atoms with Crippen LogP contribution in [0.4, 0.5) is 0 Å². The smallest absolute Gasteiger partial charge is 0.186 e. The molecule has 1 heterocycles. The van der Waals surface area contributed by atoms with Crippen molar-refractivity contribution in [1.29, 1.82) is 0 Å². The molecule has 1 aliphatic heterocycles. The summed E-state index contributed by atoms with van der Waals surface area (Å²) in [4.78, 5) is 0. The van der Waals surface area contributed by atoms with E-state index in [2.05, 4.69) is 6.92 Å². The van der Waals surface area contributed by atoms with E-state index in [1.54, 1.807) is 7.11 Å². The van der Waals surface area contributed by atoms with Crippen LogP contribution in [0.1, 0.15) is 26.7 Å². The molecule has 4 heteroatoms. The molecule has 0 spiro atoms. The minimum atomic E-state index is -0.241. The topological polar surface area (TPSA) is 40.2 Å². The van der Waals surface area contributed by atoms with Crippen molar-refractivity contribution in [2.24, 2.45) is 0 Å². The summed E-state index contributed by atoms with van der Waals surface area (Å²) in [6, 6.07) is 0. The minimum Gasteiger partial charge on any atom is -0.379 e. The van der Waals surface area contributed by atoms with E-state index in [-0.39, 0.29) is 18.5 Å². The van der Waals surface area contributed by atoms with Crippen LogP contribution in [0, 0.1) is 0 Å². The van der Waals surface area contributed by atoms with Crippen LogP contribution in [-0.2, 0) is 18.9 Å². The van der Waals surface area contributed by atoms with Gasteiger partial charge in [-0.3, -0.25) is 0 Å². The number of epoxide rings is 1. The van der Waals surface area contributed by atoms with E-state index in [4.69, 9.17) is 18.9 Å². The number of hydrogen-bond donors (Lipinski definition) is 0. The van der Waals surface area contributed by atoms with Crippen molar-refractivity contribution in [3.05, 3.63) is 0 Å². The van der Waals surface area contributed by atoms with Crippen LogP contribution in [0.15, 0.2) is 0 Å². The van der Waals surface area contributed by atoms with Gasteiger partial charge >= 0.3 is 0 Å². The van der Waals surface area contributed by atoms with Crippen molar-refractivity contribution in [1.82, 2.24) is 0 Å². The van der Waals surface area contributed by atoms with Crippen LogP contribution in [0.3, 0.4) is 0 Å². The van der Waals surface area contributed by atoms with Gasteiger partial charge in [-0.1, -0.05) is 13.3 Å². The largest absolute Gasteiger partial charge is 0.379 e. The Hall–Kier alpha value is -0.160. The Morgan fingerprint density at radius 2 is 2.20 bits per heavy atom. The van der Waals surface area contributed by atoms with Crippen molar-refractivity contribution >= 4 is 0 Å². The lowest BCUT2D eigenvalue weighted by Gasteiger charge is -2.19. The lowest BCUT2D eigenvalue weighted by atomic mass is 10.3. The van der Waals surface area contributed by atoms with Gasteiger partial charge in [-0.15, -0.1) is 0 Å². The first kappa shape index (κ1) is 12.9. The van der Waals surface area contributed by atoms with Crippen molar-refractivity contribution in [3.8, 4) is 0 Å². The van der Waals surface area contributed by atoms with E-state index >= 15 is 0 Å².